The number of thioether (sulfide) groups is 1. The van der Waals surface area contributed by atoms with E-state index in [4.69, 9.17) is 9.47 Å². The Kier molecular flexibility index (Phi) is 6.59. The first-order valence-electron chi connectivity index (χ1n) is 7.34. The molecule has 128 valence electrons. The molecule has 1 amide bonds. The van der Waals surface area contributed by atoms with Gasteiger partial charge in [0.25, 0.3) is 0 Å². The molecule has 1 aliphatic heterocycles. The molecule has 0 spiro atoms. The lowest BCUT2D eigenvalue weighted by atomic mass is 10.3. The summed E-state index contributed by atoms with van der Waals surface area (Å²) in [5.41, 5.74) is 0. The Morgan fingerprint density at radius 3 is 2.61 bits per heavy atom. The van der Waals surface area contributed by atoms with Gasteiger partial charge in [0, 0.05) is 5.25 Å². The summed E-state index contributed by atoms with van der Waals surface area (Å²) in [6.07, 6.45) is 0.640. The second-order valence-electron chi connectivity index (χ2n) is 5.21. The third kappa shape index (κ3) is 6.31. The molecule has 1 unspecified atom stereocenters. The number of sulfone groups is 1. The van der Waals surface area contributed by atoms with Gasteiger partial charge in [-0.05, 0) is 30.7 Å². The van der Waals surface area contributed by atoms with Gasteiger partial charge in [-0.25, -0.2) is 8.42 Å². The van der Waals surface area contributed by atoms with Crippen LogP contribution in [0.3, 0.4) is 0 Å². The van der Waals surface area contributed by atoms with Crippen LogP contribution in [0.1, 0.15) is 6.42 Å². The molecule has 23 heavy (non-hydrogen) atoms. The maximum absolute atomic E-state index is 11.7. The van der Waals surface area contributed by atoms with Crippen molar-refractivity contribution in [3.05, 3.63) is 24.3 Å². The van der Waals surface area contributed by atoms with Crippen LogP contribution in [0.2, 0.25) is 0 Å². The minimum absolute atomic E-state index is 0.0429. The molecule has 8 heteroatoms. The van der Waals surface area contributed by atoms with Crippen molar-refractivity contribution < 1.29 is 22.7 Å². The van der Waals surface area contributed by atoms with Crippen molar-refractivity contribution in [3.63, 3.8) is 0 Å². The van der Waals surface area contributed by atoms with E-state index in [2.05, 4.69) is 5.32 Å². The average molecular weight is 359 g/mol. The predicted molar refractivity (Wildman–Crippen MR) is 91.0 cm³/mol. The quantitative estimate of drug-likeness (QED) is 0.700. The van der Waals surface area contributed by atoms with Crippen molar-refractivity contribution in [1.82, 2.24) is 5.32 Å². The van der Waals surface area contributed by atoms with Gasteiger partial charge in [-0.2, -0.15) is 0 Å². The number of benzene rings is 1. The summed E-state index contributed by atoms with van der Waals surface area (Å²) in [7, 11) is -1.28. The first-order chi connectivity index (χ1) is 11.0. The summed E-state index contributed by atoms with van der Waals surface area (Å²) in [4.78, 5) is 11.7. The minimum atomic E-state index is -2.88. The van der Waals surface area contributed by atoms with E-state index in [-0.39, 0.29) is 28.4 Å². The Morgan fingerprint density at radius 2 is 2.00 bits per heavy atom. The van der Waals surface area contributed by atoms with Crippen LogP contribution in [0.4, 0.5) is 0 Å². The van der Waals surface area contributed by atoms with E-state index >= 15 is 0 Å². The number of carbonyl (C=O) groups excluding carboxylic acids is 1. The van der Waals surface area contributed by atoms with Crippen LogP contribution in [-0.4, -0.2) is 57.1 Å². The molecule has 6 nitrogen and oxygen atoms in total. The molecule has 1 fully saturated rings. The molecule has 0 saturated carbocycles. The van der Waals surface area contributed by atoms with Gasteiger partial charge in [0.15, 0.2) is 9.84 Å². The largest absolute Gasteiger partial charge is 0.497 e. The highest BCUT2D eigenvalue weighted by Crippen LogP contribution is 2.23. The molecule has 0 aliphatic carbocycles. The summed E-state index contributed by atoms with van der Waals surface area (Å²) in [6.45, 7) is 0.787. The van der Waals surface area contributed by atoms with Crippen molar-refractivity contribution in [2.24, 2.45) is 0 Å². The molecule has 1 aromatic carbocycles. The molecule has 1 heterocycles. The fourth-order valence-corrected chi connectivity index (χ4v) is 5.64. The van der Waals surface area contributed by atoms with E-state index in [1.165, 1.54) is 11.8 Å². The van der Waals surface area contributed by atoms with Gasteiger partial charge in [0.1, 0.15) is 18.1 Å². The maximum atomic E-state index is 11.7. The number of ether oxygens (including phenoxy) is 2. The normalized spacial score (nSPS) is 19.3. The van der Waals surface area contributed by atoms with Gasteiger partial charge in [-0.15, -0.1) is 11.8 Å². The number of nitrogens with one attached hydrogen (secondary N) is 1. The van der Waals surface area contributed by atoms with E-state index in [9.17, 15) is 13.2 Å². The SMILES string of the molecule is COc1ccc(OCCNC(=O)CSC2CCS(=O)(=O)C2)cc1. The number of hydrogen-bond acceptors (Lipinski definition) is 6. The van der Waals surface area contributed by atoms with Crippen LogP contribution < -0.4 is 14.8 Å². The smallest absolute Gasteiger partial charge is 0.230 e. The van der Waals surface area contributed by atoms with Crippen LogP contribution in [0.25, 0.3) is 0 Å². The highest BCUT2D eigenvalue weighted by atomic mass is 32.2. The van der Waals surface area contributed by atoms with Crippen LogP contribution in [-0.2, 0) is 14.6 Å². The molecule has 0 bridgehead atoms. The molecule has 0 aromatic heterocycles. The zero-order valence-electron chi connectivity index (χ0n) is 13.0. The minimum Gasteiger partial charge on any atom is -0.497 e. The van der Waals surface area contributed by atoms with E-state index in [1.807, 2.05) is 0 Å². The van der Waals surface area contributed by atoms with E-state index in [0.717, 1.165) is 5.75 Å². The van der Waals surface area contributed by atoms with Crippen molar-refractivity contribution in [3.8, 4) is 11.5 Å². The zero-order valence-corrected chi connectivity index (χ0v) is 14.6. The zero-order chi connectivity index (χ0) is 16.7. The van der Waals surface area contributed by atoms with E-state index in [0.29, 0.717) is 25.3 Å². The monoisotopic (exact) mass is 359 g/mol. The average Bonchev–Trinajstić information content (AvgIpc) is 2.89. The summed E-state index contributed by atoms with van der Waals surface area (Å²) < 4.78 is 33.2. The number of hydrogen-bond donors (Lipinski definition) is 1. The Balaban J connectivity index is 1.57. The summed E-state index contributed by atoms with van der Waals surface area (Å²) >= 11 is 1.41. The van der Waals surface area contributed by atoms with E-state index in [1.54, 1.807) is 31.4 Å². The lowest BCUT2D eigenvalue weighted by Gasteiger charge is -2.09. The molecular formula is C15H21NO5S2. The molecule has 1 N–H and O–H groups in total. The standard InChI is InChI=1S/C15H21NO5S2/c1-20-12-2-4-13(5-3-12)21-8-7-16-15(17)10-22-14-6-9-23(18,19)11-14/h2-5,14H,6-11H2,1H3,(H,16,17). The summed E-state index contributed by atoms with van der Waals surface area (Å²) in [5.74, 6) is 2.08. The maximum Gasteiger partial charge on any atom is 0.230 e. The Bertz CT molecular complexity index is 615. The third-order valence-corrected chi connectivity index (χ3v) is 6.67. The van der Waals surface area contributed by atoms with E-state index < -0.39 is 9.84 Å². The molecule has 1 aliphatic rings. The molecule has 1 aromatic rings. The van der Waals surface area contributed by atoms with Gasteiger partial charge in [0.05, 0.1) is 30.9 Å². The fraction of sp³-hybridized carbons (Fsp3) is 0.533. The molecular weight excluding hydrogens is 338 g/mol. The number of amides is 1. The summed E-state index contributed by atoms with van der Waals surface area (Å²) in [5, 5.41) is 2.80. The lowest BCUT2D eigenvalue weighted by Crippen LogP contribution is -2.30. The third-order valence-electron chi connectivity index (χ3n) is 3.39. The molecule has 2 rings (SSSR count). The van der Waals surface area contributed by atoms with Gasteiger partial charge in [-0.3, -0.25) is 4.79 Å². The van der Waals surface area contributed by atoms with Crippen molar-refractivity contribution >= 4 is 27.5 Å². The van der Waals surface area contributed by atoms with Crippen molar-refractivity contribution in [1.29, 1.82) is 0 Å². The predicted octanol–water partition coefficient (Wildman–Crippen LogP) is 1.11. The molecule has 0 radical (unpaired) electrons. The van der Waals surface area contributed by atoms with Gasteiger partial charge in [0.2, 0.25) is 5.91 Å². The lowest BCUT2D eigenvalue weighted by molar-refractivity contribution is -0.118. The first-order valence-corrected chi connectivity index (χ1v) is 10.2. The molecule has 1 atom stereocenters. The van der Waals surface area contributed by atoms with Crippen LogP contribution in [0, 0.1) is 0 Å². The molecule has 1 saturated heterocycles. The first kappa shape index (κ1) is 17.9. The highest BCUT2D eigenvalue weighted by Gasteiger charge is 2.28. The topological polar surface area (TPSA) is 81.7 Å². The van der Waals surface area contributed by atoms with Crippen molar-refractivity contribution in [2.75, 3.05) is 37.5 Å². The van der Waals surface area contributed by atoms with Gasteiger partial charge in [-0.1, -0.05) is 0 Å². The number of carbonyl (C=O) groups is 1. The second-order valence-corrected chi connectivity index (χ2v) is 8.73. The highest BCUT2D eigenvalue weighted by molar-refractivity contribution is 8.02. The van der Waals surface area contributed by atoms with Gasteiger partial charge < -0.3 is 14.8 Å². The Labute approximate surface area is 140 Å². The number of methoxy groups -OCH3 is 1. The van der Waals surface area contributed by atoms with Crippen LogP contribution in [0.15, 0.2) is 24.3 Å². The Hall–Kier alpha value is -1.41. The van der Waals surface area contributed by atoms with Crippen LogP contribution >= 0.6 is 11.8 Å². The second kappa shape index (κ2) is 8.44. The number of rotatable bonds is 8. The van der Waals surface area contributed by atoms with Crippen molar-refractivity contribution in [2.45, 2.75) is 11.7 Å². The van der Waals surface area contributed by atoms with Crippen LogP contribution in [0.5, 0.6) is 11.5 Å². The summed E-state index contributed by atoms with van der Waals surface area (Å²) in [6, 6.07) is 7.22. The van der Waals surface area contributed by atoms with Gasteiger partial charge >= 0.3 is 0 Å². The Morgan fingerprint density at radius 1 is 1.30 bits per heavy atom. The fourth-order valence-electron chi connectivity index (χ4n) is 2.17.